The second kappa shape index (κ2) is 6.17. The van der Waals surface area contributed by atoms with Gasteiger partial charge in [-0.3, -0.25) is 4.79 Å². The van der Waals surface area contributed by atoms with E-state index in [1.807, 2.05) is 30.0 Å². The first-order valence-corrected chi connectivity index (χ1v) is 8.92. The lowest BCUT2D eigenvalue weighted by atomic mass is 9.80. The van der Waals surface area contributed by atoms with Gasteiger partial charge >= 0.3 is 0 Å². The molecule has 2 atom stereocenters. The Hall–Kier alpha value is -2.37. The molecule has 6 nitrogen and oxygen atoms in total. The maximum Gasteiger partial charge on any atom is 0.254 e. The number of likely N-dealkylation sites (tertiary alicyclic amines) is 1. The number of amides is 1. The number of nitrogens with zero attached hydrogens (tertiary/aromatic N) is 3. The molecule has 1 aromatic heterocycles. The number of hydrogen-bond donors (Lipinski definition) is 0. The lowest BCUT2D eigenvalue weighted by Gasteiger charge is -2.24. The maximum absolute atomic E-state index is 13.0. The molecule has 1 saturated heterocycles. The lowest BCUT2D eigenvalue weighted by molar-refractivity contribution is 0.0776. The van der Waals surface area contributed by atoms with Crippen molar-refractivity contribution in [3.05, 3.63) is 41.5 Å². The quantitative estimate of drug-likeness (QED) is 0.855. The maximum atomic E-state index is 13.0. The monoisotopic (exact) mass is 341 g/mol. The molecule has 1 aliphatic carbocycles. The van der Waals surface area contributed by atoms with Crippen molar-refractivity contribution in [2.24, 2.45) is 5.92 Å². The van der Waals surface area contributed by atoms with Gasteiger partial charge in [-0.15, -0.1) is 0 Å². The van der Waals surface area contributed by atoms with E-state index < -0.39 is 0 Å². The summed E-state index contributed by atoms with van der Waals surface area (Å²) in [4.78, 5) is 19.5. The minimum absolute atomic E-state index is 0.0480. The number of aromatic nitrogens is 2. The Morgan fingerprint density at radius 1 is 1.48 bits per heavy atom. The summed E-state index contributed by atoms with van der Waals surface area (Å²) >= 11 is 0. The molecule has 25 heavy (non-hydrogen) atoms. The summed E-state index contributed by atoms with van der Waals surface area (Å²) in [6, 6.07) is 7.34. The molecule has 2 aromatic rings. The van der Waals surface area contributed by atoms with Crippen molar-refractivity contribution >= 4 is 5.91 Å². The third-order valence-corrected chi connectivity index (χ3v) is 5.69. The fraction of sp³-hybridized carbons (Fsp3) is 0.526. The van der Waals surface area contributed by atoms with Gasteiger partial charge in [-0.25, -0.2) is 0 Å². The van der Waals surface area contributed by atoms with Crippen LogP contribution in [0.4, 0.5) is 0 Å². The zero-order chi connectivity index (χ0) is 17.4. The van der Waals surface area contributed by atoms with E-state index in [2.05, 4.69) is 10.1 Å². The number of carbonyl (C=O) groups excluding carboxylic acids is 1. The normalized spacial score (nSPS) is 25.2. The van der Waals surface area contributed by atoms with Crippen LogP contribution in [0.1, 0.15) is 48.3 Å². The Morgan fingerprint density at radius 3 is 3.12 bits per heavy atom. The lowest BCUT2D eigenvalue weighted by Crippen LogP contribution is -2.35. The van der Waals surface area contributed by atoms with E-state index in [4.69, 9.17) is 9.26 Å². The molecule has 1 amide bonds. The van der Waals surface area contributed by atoms with E-state index in [0.29, 0.717) is 29.7 Å². The van der Waals surface area contributed by atoms with E-state index in [9.17, 15) is 4.79 Å². The highest BCUT2D eigenvalue weighted by atomic mass is 16.5. The number of fused-ring (bicyclic) bond motifs is 1. The predicted octanol–water partition coefficient (Wildman–Crippen LogP) is 2.83. The molecule has 1 aliphatic heterocycles. The van der Waals surface area contributed by atoms with Gasteiger partial charge in [-0.1, -0.05) is 24.6 Å². The first-order valence-electron chi connectivity index (χ1n) is 8.92. The SMILES string of the molecule is CCc1nc([C@@]23CCC[C@@H]2CN(C(=O)c2cccc(OC)c2)C3)no1. The molecular weight excluding hydrogens is 318 g/mol. The molecule has 4 rings (SSSR count). The average Bonchev–Trinajstić information content (AvgIpc) is 3.34. The molecule has 1 aromatic carbocycles. The zero-order valence-electron chi connectivity index (χ0n) is 14.7. The van der Waals surface area contributed by atoms with E-state index in [-0.39, 0.29) is 11.3 Å². The minimum atomic E-state index is -0.147. The summed E-state index contributed by atoms with van der Waals surface area (Å²) in [5.41, 5.74) is 0.516. The van der Waals surface area contributed by atoms with Crippen LogP contribution in [0.15, 0.2) is 28.8 Å². The van der Waals surface area contributed by atoms with Crippen LogP contribution in [0.5, 0.6) is 5.75 Å². The van der Waals surface area contributed by atoms with E-state index in [1.54, 1.807) is 13.2 Å². The van der Waals surface area contributed by atoms with Crippen molar-refractivity contribution < 1.29 is 14.1 Å². The second-order valence-corrected chi connectivity index (χ2v) is 7.03. The van der Waals surface area contributed by atoms with Crippen LogP contribution in [0.25, 0.3) is 0 Å². The van der Waals surface area contributed by atoms with Crippen LogP contribution in [0.3, 0.4) is 0 Å². The molecular formula is C19H23N3O3. The highest BCUT2D eigenvalue weighted by molar-refractivity contribution is 5.95. The number of carbonyl (C=O) groups is 1. The van der Waals surface area contributed by atoms with E-state index in [1.165, 1.54) is 0 Å². The molecule has 0 bridgehead atoms. The van der Waals surface area contributed by atoms with Crippen molar-refractivity contribution in [2.75, 3.05) is 20.2 Å². The summed E-state index contributed by atoms with van der Waals surface area (Å²) < 4.78 is 10.6. The van der Waals surface area contributed by atoms with E-state index in [0.717, 1.165) is 38.1 Å². The van der Waals surface area contributed by atoms with Crippen molar-refractivity contribution in [2.45, 2.75) is 38.0 Å². The molecule has 2 fully saturated rings. The van der Waals surface area contributed by atoms with Crippen molar-refractivity contribution in [3.8, 4) is 5.75 Å². The second-order valence-electron chi connectivity index (χ2n) is 7.03. The largest absolute Gasteiger partial charge is 0.497 e. The summed E-state index contributed by atoms with van der Waals surface area (Å²) in [5, 5.41) is 4.25. The van der Waals surface area contributed by atoms with Crippen molar-refractivity contribution in [1.82, 2.24) is 15.0 Å². The highest BCUT2D eigenvalue weighted by Gasteiger charge is 2.54. The highest BCUT2D eigenvalue weighted by Crippen LogP contribution is 2.49. The summed E-state index contributed by atoms with van der Waals surface area (Å²) in [6.45, 7) is 3.43. The van der Waals surface area contributed by atoms with Gasteiger partial charge in [0.1, 0.15) is 5.75 Å². The van der Waals surface area contributed by atoms with E-state index >= 15 is 0 Å². The molecule has 0 radical (unpaired) electrons. The third-order valence-electron chi connectivity index (χ3n) is 5.69. The van der Waals surface area contributed by atoms with Gasteiger partial charge in [-0.05, 0) is 37.0 Å². The van der Waals surface area contributed by atoms with Gasteiger partial charge in [0.05, 0.1) is 12.5 Å². The Kier molecular flexibility index (Phi) is 3.98. The van der Waals surface area contributed by atoms with Crippen LogP contribution < -0.4 is 4.74 Å². The third kappa shape index (κ3) is 2.60. The molecule has 2 heterocycles. The number of ether oxygens (including phenoxy) is 1. The molecule has 132 valence electrons. The number of methoxy groups -OCH3 is 1. The molecule has 0 unspecified atom stereocenters. The number of aryl methyl sites for hydroxylation is 1. The summed E-state index contributed by atoms with van der Waals surface area (Å²) in [5.74, 6) is 2.61. The summed E-state index contributed by atoms with van der Waals surface area (Å²) in [6.07, 6.45) is 4.02. The van der Waals surface area contributed by atoms with Crippen LogP contribution >= 0.6 is 0 Å². The zero-order valence-corrected chi connectivity index (χ0v) is 14.7. The predicted molar refractivity (Wildman–Crippen MR) is 91.6 cm³/mol. The topological polar surface area (TPSA) is 68.5 Å². The molecule has 0 N–H and O–H groups in total. The van der Waals surface area contributed by atoms with Gasteiger partial charge < -0.3 is 14.2 Å². The van der Waals surface area contributed by atoms with Gasteiger partial charge in [-0.2, -0.15) is 4.98 Å². The Labute approximate surface area is 147 Å². The number of benzene rings is 1. The smallest absolute Gasteiger partial charge is 0.254 e. The molecule has 1 saturated carbocycles. The Morgan fingerprint density at radius 2 is 2.36 bits per heavy atom. The molecule has 2 aliphatic rings. The van der Waals surface area contributed by atoms with Crippen LogP contribution in [-0.2, 0) is 11.8 Å². The number of rotatable bonds is 4. The number of hydrogen-bond acceptors (Lipinski definition) is 5. The van der Waals surface area contributed by atoms with Gasteiger partial charge in [0.2, 0.25) is 5.89 Å². The first-order chi connectivity index (χ1) is 12.2. The first kappa shape index (κ1) is 16.1. The Bertz CT molecular complexity index is 788. The molecule has 6 heteroatoms. The van der Waals surface area contributed by atoms with Crippen LogP contribution in [0, 0.1) is 5.92 Å². The van der Waals surface area contributed by atoms with Crippen molar-refractivity contribution in [3.63, 3.8) is 0 Å². The van der Waals surface area contributed by atoms with Gasteiger partial charge in [0, 0.05) is 25.1 Å². The van der Waals surface area contributed by atoms with Crippen LogP contribution in [0.2, 0.25) is 0 Å². The van der Waals surface area contributed by atoms with Gasteiger partial charge in [0.15, 0.2) is 5.82 Å². The summed E-state index contributed by atoms with van der Waals surface area (Å²) in [7, 11) is 1.61. The average molecular weight is 341 g/mol. The minimum Gasteiger partial charge on any atom is -0.497 e. The standard InChI is InChI=1S/C19H23N3O3/c1-3-16-20-18(21-25-16)19-9-5-7-14(19)11-22(12-19)17(23)13-6-4-8-15(10-13)24-2/h4,6,8,10,14H,3,5,7,9,11-12H2,1-2H3/t14-,19-/m1/s1. The molecule has 0 spiro atoms. The fourth-order valence-corrected chi connectivity index (χ4v) is 4.35. The van der Waals surface area contributed by atoms with Crippen molar-refractivity contribution in [1.29, 1.82) is 0 Å². The van der Waals surface area contributed by atoms with Gasteiger partial charge in [0.25, 0.3) is 5.91 Å². The Balaban J connectivity index is 1.61. The fourth-order valence-electron chi connectivity index (χ4n) is 4.35. The van der Waals surface area contributed by atoms with Crippen LogP contribution in [-0.4, -0.2) is 41.1 Å².